The number of hydrogen-bond donors (Lipinski definition) is 2. The summed E-state index contributed by atoms with van der Waals surface area (Å²) in [4.78, 5) is 24.2. The summed E-state index contributed by atoms with van der Waals surface area (Å²) in [7, 11) is 0. The van der Waals surface area contributed by atoms with Crippen molar-refractivity contribution in [2.24, 2.45) is 0 Å². The van der Waals surface area contributed by atoms with Gasteiger partial charge in [-0.05, 0) is 23.8 Å². The molecule has 0 bridgehead atoms. The van der Waals surface area contributed by atoms with E-state index >= 15 is 0 Å². The van der Waals surface area contributed by atoms with E-state index in [4.69, 9.17) is 11.6 Å². The first kappa shape index (κ1) is 14.6. The minimum absolute atomic E-state index is 0.111. The maximum atomic E-state index is 12.5. The summed E-state index contributed by atoms with van der Waals surface area (Å²) >= 11 is 5.91. The lowest BCUT2D eigenvalue weighted by Crippen LogP contribution is -2.40. The Bertz CT molecular complexity index is 703. The predicted molar refractivity (Wildman–Crippen MR) is 85.8 cm³/mol. The summed E-state index contributed by atoms with van der Waals surface area (Å²) in [6.45, 7) is 0. The van der Waals surface area contributed by atoms with Gasteiger partial charge in [-0.1, -0.05) is 48.0 Å². The number of benzene rings is 2. The Morgan fingerprint density at radius 3 is 2.64 bits per heavy atom. The number of amides is 2. The van der Waals surface area contributed by atoms with Crippen molar-refractivity contribution in [2.75, 3.05) is 5.32 Å². The summed E-state index contributed by atoms with van der Waals surface area (Å²) in [5.74, 6) is -0.505. The molecule has 1 saturated heterocycles. The zero-order chi connectivity index (χ0) is 15.5. The van der Waals surface area contributed by atoms with Crippen LogP contribution >= 0.6 is 11.6 Å². The summed E-state index contributed by atoms with van der Waals surface area (Å²) in [6.07, 6.45) is 0.317. The maximum absolute atomic E-state index is 12.5. The van der Waals surface area contributed by atoms with E-state index in [1.807, 2.05) is 30.3 Å². The second-order valence-corrected chi connectivity index (χ2v) is 5.70. The highest BCUT2D eigenvalue weighted by molar-refractivity contribution is 6.30. The van der Waals surface area contributed by atoms with Crippen molar-refractivity contribution in [3.8, 4) is 0 Å². The number of carbonyl (C=O) groups is 2. The Balaban J connectivity index is 1.79. The van der Waals surface area contributed by atoms with Crippen molar-refractivity contribution in [3.05, 3.63) is 65.2 Å². The lowest BCUT2D eigenvalue weighted by molar-refractivity contribution is -0.122. The van der Waals surface area contributed by atoms with Gasteiger partial charge in [-0.15, -0.1) is 0 Å². The van der Waals surface area contributed by atoms with E-state index < -0.39 is 6.04 Å². The van der Waals surface area contributed by atoms with E-state index in [1.54, 1.807) is 24.3 Å². The third-order valence-corrected chi connectivity index (χ3v) is 3.96. The number of nitrogens with one attached hydrogen (secondary N) is 2. The van der Waals surface area contributed by atoms with Crippen LogP contribution in [0.2, 0.25) is 5.02 Å². The molecule has 5 heteroatoms. The molecule has 2 aromatic rings. The minimum atomic E-state index is -0.575. The third kappa shape index (κ3) is 3.12. The fourth-order valence-electron chi connectivity index (χ4n) is 2.70. The monoisotopic (exact) mass is 314 g/mol. The van der Waals surface area contributed by atoms with Crippen LogP contribution in [-0.4, -0.2) is 17.9 Å². The molecule has 1 fully saturated rings. The van der Waals surface area contributed by atoms with Gasteiger partial charge in [0, 0.05) is 23.0 Å². The standard InChI is InChI=1S/C17H15ClN2O2/c18-12-7-4-8-13(9-12)19-17(22)16-14(10-15(21)20-16)11-5-2-1-3-6-11/h1-9,14,16H,10H2,(H,19,22)(H,20,21). The summed E-state index contributed by atoms with van der Waals surface area (Å²) in [5.41, 5.74) is 1.59. The molecule has 1 heterocycles. The number of anilines is 1. The van der Waals surface area contributed by atoms with Crippen molar-refractivity contribution in [1.29, 1.82) is 0 Å². The van der Waals surface area contributed by atoms with Crippen LogP contribution < -0.4 is 10.6 Å². The molecule has 4 nitrogen and oxygen atoms in total. The molecule has 2 unspecified atom stereocenters. The maximum Gasteiger partial charge on any atom is 0.247 e. The van der Waals surface area contributed by atoms with Gasteiger partial charge in [0.05, 0.1) is 0 Å². The quantitative estimate of drug-likeness (QED) is 0.915. The molecule has 2 atom stereocenters. The summed E-state index contributed by atoms with van der Waals surface area (Å²) in [5, 5.41) is 6.11. The molecule has 0 spiro atoms. The fourth-order valence-corrected chi connectivity index (χ4v) is 2.89. The Morgan fingerprint density at radius 2 is 1.91 bits per heavy atom. The molecule has 3 rings (SSSR count). The van der Waals surface area contributed by atoms with Crippen LogP contribution in [0.5, 0.6) is 0 Å². The number of hydrogen-bond acceptors (Lipinski definition) is 2. The highest BCUT2D eigenvalue weighted by Crippen LogP contribution is 2.29. The summed E-state index contributed by atoms with van der Waals surface area (Å²) in [6, 6.07) is 16.0. The normalized spacial score (nSPS) is 20.5. The molecule has 0 radical (unpaired) electrons. The van der Waals surface area contributed by atoms with Crippen LogP contribution in [-0.2, 0) is 9.59 Å². The van der Waals surface area contributed by atoms with Crippen LogP contribution in [0.15, 0.2) is 54.6 Å². The van der Waals surface area contributed by atoms with Crippen LogP contribution in [0.3, 0.4) is 0 Å². The van der Waals surface area contributed by atoms with Gasteiger partial charge in [-0.25, -0.2) is 0 Å². The molecule has 2 aromatic carbocycles. The molecule has 2 amide bonds. The zero-order valence-corrected chi connectivity index (χ0v) is 12.5. The first-order chi connectivity index (χ1) is 10.6. The average Bonchev–Trinajstić information content (AvgIpc) is 2.90. The predicted octanol–water partition coefficient (Wildman–Crippen LogP) is 2.95. The van der Waals surface area contributed by atoms with E-state index in [9.17, 15) is 9.59 Å². The van der Waals surface area contributed by atoms with Gasteiger partial charge in [0.1, 0.15) is 6.04 Å². The van der Waals surface area contributed by atoms with Crippen molar-refractivity contribution in [1.82, 2.24) is 5.32 Å². The smallest absolute Gasteiger partial charge is 0.247 e. The molecule has 0 saturated carbocycles. The molecule has 2 N–H and O–H groups in total. The van der Waals surface area contributed by atoms with Gasteiger partial charge in [-0.2, -0.15) is 0 Å². The van der Waals surface area contributed by atoms with E-state index in [-0.39, 0.29) is 17.7 Å². The molecule has 1 aliphatic rings. The van der Waals surface area contributed by atoms with Gasteiger partial charge >= 0.3 is 0 Å². The lowest BCUT2D eigenvalue weighted by atomic mass is 9.91. The van der Waals surface area contributed by atoms with E-state index in [2.05, 4.69) is 10.6 Å². The minimum Gasteiger partial charge on any atom is -0.344 e. The van der Waals surface area contributed by atoms with Crippen LogP contribution in [0.1, 0.15) is 17.9 Å². The molecule has 22 heavy (non-hydrogen) atoms. The Kier molecular flexibility index (Phi) is 4.11. The average molecular weight is 315 g/mol. The second-order valence-electron chi connectivity index (χ2n) is 5.27. The third-order valence-electron chi connectivity index (χ3n) is 3.73. The SMILES string of the molecule is O=C1CC(c2ccccc2)C(C(=O)Nc2cccc(Cl)c2)N1. The molecule has 0 aliphatic carbocycles. The van der Waals surface area contributed by atoms with Crippen molar-refractivity contribution in [2.45, 2.75) is 18.4 Å². The highest BCUT2D eigenvalue weighted by Gasteiger charge is 2.38. The van der Waals surface area contributed by atoms with E-state index in [1.165, 1.54) is 0 Å². The largest absolute Gasteiger partial charge is 0.344 e. The van der Waals surface area contributed by atoms with E-state index in [0.717, 1.165) is 5.56 Å². The topological polar surface area (TPSA) is 58.2 Å². The van der Waals surface area contributed by atoms with Crippen LogP contribution in [0.4, 0.5) is 5.69 Å². The Hall–Kier alpha value is -2.33. The summed E-state index contributed by atoms with van der Waals surface area (Å²) < 4.78 is 0. The van der Waals surface area contributed by atoms with Gasteiger partial charge in [0.15, 0.2) is 0 Å². The molecular weight excluding hydrogens is 300 g/mol. The van der Waals surface area contributed by atoms with Gasteiger partial charge < -0.3 is 10.6 Å². The molecular formula is C17H15ClN2O2. The van der Waals surface area contributed by atoms with Gasteiger partial charge in [-0.3, -0.25) is 9.59 Å². The van der Waals surface area contributed by atoms with Crippen molar-refractivity contribution >= 4 is 29.1 Å². The van der Waals surface area contributed by atoms with Crippen molar-refractivity contribution in [3.63, 3.8) is 0 Å². The van der Waals surface area contributed by atoms with E-state index in [0.29, 0.717) is 17.1 Å². The number of rotatable bonds is 3. The Morgan fingerprint density at radius 1 is 1.14 bits per heavy atom. The zero-order valence-electron chi connectivity index (χ0n) is 11.8. The number of carbonyl (C=O) groups excluding carboxylic acids is 2. The fraction of sp³-hybridized carbons (Fsp3) is 0.176. The molecule has 0 aromatic heterocycles. The second kappa shape index (κ2) is 6.20. The van der Waals surface area contributed by atoms with Gasteiger partial charge in [0.2, 0.25) is 11.8 Å². The lowest BCUT2D eigenvalue weighted by Gasteiger charge is -2.18. The van der Waals surface area contributed by atoms with Crippen LogP contribution in [0, 0.1) is 0 Å². The highest BCUT2D eigenvalue weighted by atomic mass is 35.5. The first-order valence-electron chi connectivity index (χ1n) is 7.04. The first-order valence-corrected chi connectivity index (χ1v) is 7.42. The number of halogens is 1. The molecule has 1 aliphatic heterocycles. The van der Waals surface area contributed by atoms with Crippen molar-refractivity contribution < 1.29 is 9.59 Å². The Labute approximate surface area is 133 Å². The van der Waals surface area contributed by atoms with Gasteiger partial charge in [0.25, 0.3) is 0 Å². The molecule has 112 valence electrons. The van der Waals surface area contributed by atoms with Crippen LogP contribution in [0.25, 0.3) is 0 Å².